The first-order valence-electron chi connectivity index (χ1n) is 5.97. The first-order valence-corrected chi connectivity index (χ1v) is 5.97. The van der Waals surface area contributed by atoms with Gasteiger partial charge in [-0.1, -0.05) is 18.2 Å². The minimum absolute atomic E-state index is 0.316. The standard InChI is InChI=1S/C14H15F2NO2/c1-13(8-14(2,15)16)10-7-5-4-6-9(10)11(18)17(3)12(13)19/h4-7H,8H2,1-3H3. The molecule has 1 aromatic carbocycles. The zero-order valence-electron chi connectivity index (χ0n) is 11.0. The Bertz CT molecular complexity index is 551. The maximum atomic E-state index is 13.4. The number of amides is 2. The van der Waals surface area contributed by atoms with E-state index in [0.29, 0.717) is 11.1 Å². The first kappa shape index (κ1) is 13.6. The van der Waals surface area contributed by atoms with Crippen LogP contribution in [0.25, 0.3) is 0 Å². The first-order chi connectivity index (χ1) is 8.67. The highest BCUT2D eigenvalue weighted by atomic mass is 19.3. The average Bonchev–Trinajstić information content (AvgIpc) is 2.32. The highest BCUT2D eigenvalue weighted by Crippen LogP contribution is 2.41. The molecule has 1 aliphatic heterocycles. The quantitative estimate of drug-likeness (QED) is 0.772. The summed E-state index contributed by atoms with van der Waals surface area (Å²) in [6, 6.07) is 6.44. The lowest BCUT2D eigenvalue weighted by molar-refractivity contribution is -0.137. The van der Waals surface area contributed by atoms with Gasteiger partial charge in [-0.25, -0.2) is 8.78 Å². The van der Waals surface area contributed by atoms with Crippen LogP contribution in [0.5, 0.6) is 0 Å². The molecular weight excluding hydrogens is 252 g/mol. The van der Waals surface area contributed by atoms with Gasteiger partial charge in [-0.3, -0.25) is 14.5 Å². The van der Waals surface area contributed by atoms with Crippen LogP contribution in [0.1, 0.15) is 36.2 Å². The molecule has 102 valence electrons. The van der Waals surface area contributed by atoms with E-state index in [4.69, 9.17) is 0 Å². The average molecular weight is 267 g/mol. The van der Waals surface area contributed by atoms with Crippen molar-refractivity contribution in [2.45, 2.75) is 31.6 Å². The third kappa shape index (κ3) is 2.13. The molecule has 0 bridgehead atoms. The summed E-state index contributed by atoms with van der Waals surface area (Å²) in [5, 5.41) is 0. The highest BCUT2D eigenvalue weighted by molar-refractivity contribution is 6.12. The van der Waals surface area contributed by atoms with Crippen LogP contribution >= 0.6 is 0 Å². The molecule has 1 atom stereocenters. The summed E-state index contributed by atoms with van der Waals surface area (Å²) in [6.07, 6.45) is -0.618. The minimum Gasteiger partial charge on any atom is -0.281 e. The van der Waals surface area contributed by atoms with Crippen molar-refractivity contribution >= 4 is 11.8 Å². The monoisotopic (exact) mass is 267 g/mol. The Morgan fingerprint density at radius 3 is 2.42 bits per heavy atom. The molecule has 2 rings (SSSR count). The number of alkyl halides is 2. The summed E-state index contributed by atoms with van der Waals surface area (Å²) < 4.78 is 26.8. The van der Waals surface area contributed by atoms with Gasteiger partial charge in [0, 0.05) is 19.0 Å². The van der Waals surface area contributed by atoms with Gasteiger partial charge in [0.15, 0.2) is 0 Å². The molecular formula is C14H15F2NO2. The fraction of sp³-hybridized carbons (Fsp3) is 0.429. The molecule has 0 spiro atoms. The van der Waals surface area contributed by atoms with Crippen molar-refractivity contribution in [1.29, 1.82) is 0 Å². The second-order valence-corrected chi connectivity index (χ2v) is 5.29. The number of benzene rings is 1. The number of hydrogen-bond acceptors (Lipinski definition) is 2. The lowest BCUT2D eigenvalue weighted by Crippen LogP contribution is -2.53. The second-order valence-electron chi connectivity index (χ2n) is 5.29. The van der Waals surface area contributed by atoms with Crippen LogP contribution in [0.15, 0.2) is 24.3 Å². The van der Waals surface area contributed by atoms with Crippen molar-refractivity contribution in [3.05, 3.63) is 35.4 Å². The van der Waals surface area contributed by atoms with Crippen molar-refractivity contribution in [2.24, 2.45) is 0 Å². The third-order valence-corrected chi connectivity index (χ3v) is 3.50. The van der Waals surface area contributed by atoms with Crippen molar-refractivity contribution in [3.8, 4) is 0 Å². The Morgan fingerprint density at radius 1 is 1.26 bits per heavy atom. The fourth-order valence-electron chi connectivity index (χ4n) is 2.70. The van der Waals surface area contributed by atoms with Crippen LogP contribution in [0.2, 0.25) is 0 Å². The molecule has 1 aliphatic rings. The van der Waals surface area contributed by atoms with Crippen molar-refractivity contribution in [2.75, 3.05) is 7.05 Å². The number of imide groups is 1. The van der Waals surface area contributed by atoms with Gasteiger partial charge in [0.05, 0.1) is 5.41 Å². The maximum absolute atomic E-state index is 13.4. The molecule has 1 unspecified atom stereocenters. The summed E-state index contributed by atoms with van der Waals surface area (Å²) in [7, 11) is 1.33. The van der Waals surface area contributed by atoms with E-state index in [1.54, 1.807) is 24.3 Å². The zero-order valence-corrected chi connectivity index (χ0v) is 11.0. The molecule has 1 aromatic rings. The molecule has 0 saturated carbocycles. The van der Waals surface area contributed by atoms with Crippen LogP contribution in [0, 0.1) is 0 Å². The molecule has 0 saturated heterocycles. The van der Waals surface area contributed by atoms with Gasteiger partial charge < -0.3 is 0 Å². The predicted octanol–water partition coefficient (Wildman–Crippen LogP) is 2.60. The Balaban J connectivity index is 2.63. The van der Waals surface area contributed by atoms with Crippen LogP contribution in [0.4, 0.5) is 8.78 Å². The Morgan fingerprint density at radius 2 is 1.84 bits per heavy atom. The molecule has 0 aliphatic carbocycles. The van der Waals surface area contributed by atoms with E-state index >= 15 is 0 Å². The van der Waals surface area contributed by atoms with Gasteiger partial charge in [0.1, 0.15) is 0 Å². The second kappa shape index (κ2) is 4.11. The van der Waals surface area contributed by atoms with Crippen molar-refractivity contribution in [1.82, 2.24) is 4.90 Å². The van der Waals surface area contributed by atoms with E-state index in [0.717, 1.165) is 11.8 Å². The summed E-state index contributed by atoms with van der Waals surface area (Å²) in [6.45, 7) is 2.25. The molecule has 1 heterocycles. The Labute approximate surface area is 110 Å². The van der Waals surface area contributed by atoms with Crippen LogP contribution in [0.3, 0.4) is 0 Å². The number of nitrogens with zero attached hydrogens (tertiary/aromatic N) is 1. The van der Waals surface area contributed by atoms with Crippen molar-refractivity contribution < 1.29 is 18.4 Å². The topological polar surface area (TPSA) is 37.4 Å². The Kier molecular flexibility index (Phi) is 2.96. The van der Waals surface area contributed by atoms with E-state index in [9.17, 15) is 18.4 Å². The zero-order chi connectivity index (χ0) is 14.4. The summed E-state index contributed by atoms with van der Waals surface area (Å²) in [5.41, 5.74) is -0.682. The fourth-order valence-corrected chi connectivity index (χ4v) is 2.70. The largest absolute Gasteiger partial charge is 0.281 e. The third-order valence-electron chi connectivity index (χ3n) is 3.50. The molecule has 0 aromatic heterocycles. The summed E-state index contributed by atoms with van der Waals surface area (Å²) >= 11 is 0. The number of likely N-dealkylation sites (N-methyl/N-ethyl adjacent to an activating group) is 1. The lowest BCUT2D eigenvalue weighted by Gasteiger charge is -2.39. The molecule has 0 radical (unpaired) electrons. The van der Waals surface area contributed by atoms with Gasteiger partial charge >= 0.3 is 0 Å². The molecule has 0 N–H and O–H groups in total. The summed E-state index contributed by atoms with van der Waals surface area (Å²) in [5.74, 6) is -4.02. The molecule has 2 amide bonds. The predicted molar refractivity (Wildman–Crippen MR) is 66.1 cm³/mol. The van der Waals surface area contributed by atoms with Gasteiger partial charge in [-0.05, 0) is 25.5 Å². The number of fused-ring (bicyclic) bond motifs is 1. The molecule has 19 heavy (non-hydrogen) atoms. The van der Waals surface area contributed by atoms with E-state index < -0.39 is 29.6 Å². The maximum Gasteiger partial charge on any atom is 0.260 e. The van der Waals surface area contributed by atoms with E-state index in [1.807, 2.05) is 0 Å². The van der Waals surface area contributed by atoms with Gasteiger partial charge in [-0.15, -0.1) is 0 Å². The minimum atomic E-state index is -2.99. The molecule has 0 fully saturated rings. The van der Waals surface area contributed by atoms with Crippen LogP contribution < -0.4 is 0 Å². The number of rotatable bonds is 2. The number of halogens is 2. The van der Waals surface area contributed by atoms with Gasteiger partial charge in [-0.2, -0.15) is 0 Å². The summed E-state index contributed by atoms with van der Waals surface area (Å²) in [4.78, 5) is 25.2. The number of carbonyl (C=O) groups excluding carboxylic acids is 2. The number of hydrogen-bond donors (Lipinski definition) is 0. The van der Waals surface area contributed by atoms with Crippen molar-refractivity contribution in [3.63, 3.8) is 0 Å². The van der Waals surface area contributed by atoms with Crippen LogP contribution in [-0.2, 0) is 10.2 Å². The van der Waals surface area contributed by atoms with E-state index in [2.05, 4.69) is 0 Å². The normalized spacial score (nSPS) is 23.5. The van der Waals surface area contributed by atoms with E-state index in [-0.39, 0.29) is 0 Å². The highest BCUT2D eigenvalue weighted by Gasteiger charge is 2.49. The van der Waals surface area contributed by atoms with Gasteiger partial charge in [0.2, 0.25) is 11.8 Å². The molecule has 5 heteroatoms. The molecule has 3 nitrogen and oxygen atoms in total. The lowest BCUT2D eigenvalue weighted by atomic mass is 9.72. The van der Waals surface area contributed by atoms with Gasteiger partial charge in [0.25, 0.3) is 5.91 Å². The number of carbonyl (C=O) groups is 2. The van der Waals surface area contributed by atoms with E-state index in [1.165, 1.54) is 14.0 Å². The SMILES string of the molecule is CN1C(=O)c2ccccc2C(C)(CC(C)(F)F)C1=O. The smallest absolute Gasteiger partial charge is 0.260 e. The Hall–Kier alpha value is -1.78. The van der Waals surface area contributed by atoms with Crippen LogP contribution in [-0.4, -0.2) is 29.7 Å².